The van der Waals surface area contributed by atoms with Gasteiger partial charge in [-0.1, -0.05) is 26.8 Å². The molecule has 33 heavy (non-hydrogen) atoms. The second-order valence-electron chi connectivity index (χ2n) is 9.46. The molecule has 0 atom stereocenters. The summed E-state index contributed by atoms with van der Waals surface area (Å²) in [5, 5.41) is 0. The van der Waals surface area contributed by atoms with E-state index >= 15 is 0 Å². The number of fused-ring (bicyclic) bond motifs is 1. The van der Waals surface area contributed by atoms with E-state index in [9.17, 15) is 12.8 Å². The number of aromatic nitrogens is 2. The van der Waals surface area contributed by atoms with Crippen LogP contribution in [0.3, 0.4) is 0 Å². The van der Waals surface area contributed by atoms with Crippen LogP contribution in [0.1, 0.15) is 43.3 Å². The molecule has 0 fully saturated rings. The average Bonchev–Trinajstić information content (AvgIpc) is 2.78. The largest absolute Gasteiger partial charge is 0.298 e. The molecule has 1 aliphatic heterocycles. The Bertz CT molecular complexity index is 1220. The molecule has 0 spiro atoms. The zero-order chi connectivity index (χ0) is 23.6. The second kappa shape index (κ2) is 9.19. The third-order valence-electron chi connectivity index (χ3n) is 5.83. The van der Waals surface area contributed by atoms with E-state index in [4.69, 9.17) is 0 Å². The predicted molar refractivity (Wildman–Crippen MR) is 127 cm³/mol. The lowest BCUT2D eigenvalue weighted by atomic mass is 9.93. The van der Waals surface area contributed by atoms with Crippen molar-refractivity contribution in [3.05, 3.63) is 83.2 Å². The smallest absolute Gasteiger partial charge is 0.261 e. The van der Waals surface area contributed by atoms with Crippen molar-refractivity contribution in [1.29, 1.82) is 0 Å². The van der Waals surface area contributed by atoms with Crippen LogP contribution in [0.25, 0.3) is 0 Å². The first-order valence-corrected chi connectivity index (χ1v) is 12.5. The Morgan fingerprint density at radius 2 is 1.79 bits per heavy atom. The van der Waals surface area contributed by atoms with Crippen LogP contribution in [0.2, 0.25) is 0 Å². The molecule has 0 aliphatic carbocycles. The fourth-order valence-electron chi connectivity index (χ4n) is 3.82. The van der Waals surface area contributed by atoms with E-state index in [2.05, 4.69) is 40.4 Å². The summed E-state index contributed by atoms with van der Waals surface area (Å²) in [6.45, 7) is 8.87. The maximum atomic E-state index is 13.1. The van der Waals surface area contributed by atoms with Crippen LogP contribution < -0.4 is 4.72 Å². The van der Waals surface area contributed by atoms with Crippen LogP contribution in [-0.4, -0.2) is 36.4 Å². The number of hydrogen-bond donors (Lipinski definition) is 1. The molecule has 4 rings (SSSR count). The Balaban J connectivity index is 1.38. The molecule has 0 unspecified atom stereocenters. The summed E-state index contributed by atoms with van der Waals surface area (Å²) in [5.41, 5.74) is 4.46. The van der Waals surface area contributed by atoms with Gasteiger partial charge in [0, 0.05) is 49.6 Å². The van der Waals surface area contributed by atoms with Crippen LogP contribution in [0.4, 0.5) is 10.1 Å². The number of hydrogen-bond acceptors (Lipinski definition) is 5. The summed E-state index contributed by atoms with van der Waals surface area (Å²) in [7, 11) is -3.73. The van der Waals surface area contributed by atoms with E-state index in [-0.39, 0.29) is 10.3 Å². The number of nitrogens with zero attached hydrogens (tertiary/aromatic N) is 3. The van der Waals surface area contributed by atoms with Crippen molar-refractivity contribution < 1.29 is 12.8 Å². The first kappa shape index (κ1) is 23.3. The first-order chi connectivity index (χ1) is 15.6. The number of rotatable bonds is 6. The van der Waals surface area contributed by atoms with Crippen molar-refractivity contribution in [2.24, 2.45) is 0 Å². The third-order valence-corrected chi connectivity index (χ3v) is 7.21. The average molecular weight is 469 g/mol. The van der Waals surface area contributed by atoms with Gasteiger partial charge < -0.3 is 0 Å². The minimum atomic E-state index is -3.73. The van der Waals surface area contributed by atoms with Gasteiger partial charge in [-0.2, -0.15) is 0 Å². The van der Waals surface area contributed by atoms with E-state index in [1.54, 1.807) is 12.1 Å². The summed E-state index contributed by atoms with van der Waals surface area (Å²) in [5.74, 6) is -0.412. The zero-order valence-electron chi connectivity index (χ0n) is 19.2. The van der Waals surface area contributed by atoms with Gasteiger partial charge in [0.05, 0.1) is 16.3 Å². The molecule has 0 saturated carbocycles. The van der Waals surface area contributed by atoms with Gasteiger partial charge in [-0.25, -0.2) is 12.8 Å². The number of benzene rings is 2. The van der Waals surface area contributed by atoms with Crippen LogP contribution in [0, 0.1) is 5.82 Å². The lowest BCUT2D eigenvalue weighted by Gasteiger charge is -2.29. The molecule has 1 N–H and O–H groups in total. The van der Waals surface area contributed by atoms with Gasteiger partial charge in [0.15, 0.2) is 0 Å². The molecule has 0 radical (unpaired) electrons. The van der Waals surface area contributed by atoms with Gasteiger partial charge in [-0.05, 0) is 53.9 Å². The zero-order valence-corrected chi connectivity index (χ0v) is 20.0. The Kier molecular flexibility index (Phi) is 6.50. The van der Waals surface area contributed by atoms with Crippen LogP contribution in [0.5, 0.6) is 0 Å². The van der Waals surface area contributed by atoms with Crippen LogP contribution in [-0.2, 0) is 34.8 Å². The minimum Gasteiger partial charge on any atom is -0.298 e. The normalized spacial score (nSPS) is 14.7. The SMILES string of the molecule is CC(C)(C)c1cnc(CCN2CCc3cc(S(=O)(=O)Nc4ccc(F)cc4)ccc3C2)cn1. The van der Waals surface area contributed by atoms with Gasteiger partial charge in [0.25, 0.3) is 10.0 Å². The molecule has 1 aliphatic rings. The van der Waals surface area contributed by atoms with Crippen molar-refractivity contribution in [3.8, 4) is 0 Å². The van der Waals surface area contributed by atoms with E-state index in [0.29, 0.717) is 5.69 Å². The quantitative estimate of drug-likeness (QED) is 0.583. The molecule has 0 saturated heterocycles. The maximum Gasteiger partial charge on any atom is 0.261 e. The third kappa shape index (κ3) is 5.75. The molecule has 8 heteroatoms. The van der Waals surface area contributed by atoms with E-state index in [0.717, 1.165) is 55.0 Å². The highest BCUT2D eigenvalue weighted by molar-refractivity contribution is 7.92. The van der Waals surface area contributed by atoms with Crippen molar-refractivity contribution in [1.82, 2.24) is 14.9 Å². The molecular weight excluding hydrogens is 439 g/mol. The first-order valence-electron chi connectivity index (χ1n) is 11.0. The van der Waals surface area contributed by atoms with Crippen LogP contribution in [0.15, 0.2) is 59.8 Å². The molecule has 2 heterocycles. The highest BCUT2D eigenvalue weighted by atomic mass is 32.2. The van der Waals surface area contributed by atoms with Crippen molar-refractivity contribution in [2.75, 3.05) is 17.8 Å². The maximum absolute atomic E-state index is 13.1. The van der Waals surface area contributed by atoms with Gasteiger partial charge in [-0.15, -0.1) is 0 Å². The molecule has 1 aromatic heterocycles. The summed E-state index contributed by atoms with van der Waals surface area (Å²) < 4.78 is 41.1. The van der Waals surface area contributed by atoms with Crippen molar-refractivity contribution in [2.45, 2.75) is 50.5 Å². The Labute approximate surface area is 194 Å². The number of anilines is 1. The standard InChI is InChI=1S/C25H29FN4O2S/c1-25(2,3)24-16-27-22(15-28-24)11-13-30-12-10-18-14-23(9-4-19(18)17-30)33(31,32)29-21-7-5-20(26)6-8-21/h4-9,14-16,29H,10-13,17H2,1-3H3. The molecule has 3 aromatic rings. The van der Waals surface area contributed by atoms with E-state index in [1.807, 2.05) is 18.5 Å². The Morgan fingerprint density at radius 3 is 2.45 bits per heavy atom. The number of halogens is 1. The molecular formula is C25H29FN4O2S. The Hall–Kier alpha value is -2.84. The number of nitrogens with one attached hydrogen (secondary N) is 1. The van der Waals surface area contributed by atoms with Crippen molar-refractivity contribution >= 4 is 15.7 Å². The fourth-order valence-corrected chi connectivity index (χ4v) is 4.93. The molecule has 174 valence electrons. The lowest BCUT2D eigenvalue weighted by molar-refractivity contribution is 0.256. The van der Waals surface area contributed by atoms with Gasteiger partial charge in [-0.3, -0.25) is 19.6 Å². The van der Waals surface area contributed by atoms with Crippen molar-refractivity contribution in [3.63, 3.8) is 0 Å². The van der Waals surface area contributed by atoms with Crippen LogP contribution >= 0.6 is 0 Å². The van der Waals surface area contributed by atoms with Gasteiger partial charge in [0.2, 0.25) is 0 Å². The van der Waals surface area contributed by atoms with Gasteiger partial charge in [0.1, 0.15) is 5.82 Å². The van der Waals surface area contributed by atoms with E-state index in [1.165, 1.54) is 24.3 Å². The minimum absolute atomic E-state index is 0.0109. The molecule has 0 bridgehead atoms. The number of sulfonamides is 1. The highest BCUT2D eigenvalue weighted by Gasteiger charge is 2.21. The monoisotopic (exact) mass is 468 g/mol. The molecule has 2 aromatic carbocycles. The lowest BCUT2D eigenvalue weighted by Crippen LogP contribution is -2.32. The topological polar surface area (TPSA) is 75.2 Å². The summed E-state index contributed by atoms with van der Waals surface area (Å²) in [4.78, 5) is 11.7. The predicted octanol–water partition coefficient (Wildman–Crippen LogP) is 4.31. The summed E-state index contributed by atoms with van der Waals surface area (Å²) in [6.07, 6.45) is 5.33. The summed E-state index contributed by atoms with van der Waals surface area (Å²) >= 11 is 0. The van der Waals surface area contributed by atoms with E-state index < -0.39 is 15.8 Å². The fraction of sp³-hybridized carbons (Fsp3) is 0.360. The highest BCUT2D eigenvalue weighted by Crippen LogP contribution is 2.24. The molecule has 6 nitrogen and oxygen atoms in total. The Morgan fingerprint density at radius 1 is 1.03 bits per heavy atom. The van der Waals surface area contributed by atoms with Gasteiger partial charge >= 0.3 is 0 Å². The molecule has 0 amide bonds. The second-order valence-corrected chi connectivity index (χ2v) is 11.1. The summed E-state index contributed by atoms with van der Waals surface area (Å²) in [6, 6.07) is 10.5.